The highest BCUT2D eigenvalue weighted by atomic mass is 16.5. The van der Waals surface area contributed by atoms with Crippen LogP contribution in [0.5, 0.6) is 5.88 Å². The van der Waals surface area contributed by atoms with Gasteiger partial charge in [-0.15, -0.1) is 0 Å². The predicted molar refractivity (Wildman–Crippen MR) is 125 cm³/mol. The number of aromatic nitrogens is 2. The van der Waals surface area contributed by atoms with Crippen LogP contribution in [0.1, 0.15) is 80.9 Å². The zero-order valence-electron chi connectivity index (χ0n) is 19.7. The van der Waals surface area contributed by atoms with Crippen LogP contribution in [0.4, 0.5) is 0 Å². The topological polar surface area (TPSA) is 61.2 Å². The Kier molecular flexibility index (Phi) is 5.53. The number of hydrogen-bond donors (Lipinski definition) is 0. The molecule has 2 aromatic carbocycles. The standard InChI is InChI=1S/C27H30N2O3/c1-16-15-21(17(2)23-20(16)13-10-14-27(23,4)5)24(30)22-18(3)28-29(6)25(22)32-26(31)19-11-8-7-9-12-19/h7-9,11-12,15H,10,13-14H2,1-6H3. The summed E-state index contributed by atoms with van der Waals surface area (Å²) in [5.74, 6) is -0.492. The lowest BCUT2D eigenvalue weighted by Gasteiger charge is -2.36. The number of carbonyl (C=O) groups excluding carboxylic acids is 2. The molecule has 0 bridgehead atoms. The Morgan fingerprint density at radius 2 is 1.78 bits per heavy atom. The van der Waals surface area contributed by atoms with Gasteiger partial charge in [0.25, 0.3) is 0 Å². The van der Waals surface area contributed by atoms with Gasteiger partial charge in [0.05, 0.1) is 11.3 Å². The van der Waals surface area contributed by atoms with Crippen molar-refractivity contribution in [3.63, 3.8) is 0 Å². The highest BCUT2D eigenvalue weighted by Crippen LogP contribution is 2.42. The summed E-state index contributed by atoms with van der Waals surface area (Å²) < 4.78 is 7.16. The van der Waals surface area contributed by atoms with E-state index in [4.69, 9.17) is 4.74 Å². The number of nitrogens with zero attached hydrogens (tertiary/aromatic N) is 2. The summed E-state index contributed by atoms with van der Waals surface area (Å²) >= 11 is 0. The molecule has 5 heteroatoms. The van der Waals surface area contributed by atoms with E-state index in [0.29, 0.717) is 22.4 Å². The molecular weight excluding hydrogens is 400 g/mol. The zero-order chi connectivity index (χ0) is 23.2. The monoisotopic (exact) mass is 430 g/mol. The minimum atomic E-state index is -0.512. The Labute approximate surface area is 189 Å². The van der Waals surface area contributed by atoms with Crippen molar-refractivity contribution in [1.29, 1.82) is 0 Å². The van der Waals surface area contributed by atoms with Gasteiger partial charge in [-0.3, -0.25) is 4.79 Å². The van der Waals surface area contributed by atoms with E-state index in [1.54, 1.807) is 38.2 Å². The summed E-state index contributed by atoms with van der Waals surface area (Å²) in [5, 5.41) is 4.39. The molecule has 0 radical (unpaired) electrons. The molecule has 32 heavy (non-hydrogen) atoms. The van der Waals surface area contributed by atoms with Crippen LogP contribution in [0.25, 0.3) is 0 Å². The molecule has 0 atom stereocenters. The van der Waals surface area contributed by atoms with Gasteiger partial charge >= 0.3 is 5.97 Å². The van der Waals surface area contributed by atoms with Crippen LogP contribution in [0.3, 0.4) is 0 Å². The molecule has 0 aliphatic heterocycles. The minimum Gasteiger partial charge on any atom is -0.403 e. The largest absolute Gasteiger partial charge is 0.403 e. The SMILES string of the molecule is Cc1cc(C(=O)c2c(C)nn(C)c2OC(=O)c2ccccc2)c(C)c2c1CCCC2(C)C. The molecule has 0 N–H and O–H groups in total. The molecule has 0 unspecified atom stereocenters. The first-order chi connectivity index (χ1) is 15.1. The number of fused-ring (bicyclic) bond motifs is 1. The van der Waals surface area contributed by atoms with E-state index >= 15 is 0 Å². The summed E-state index contributed by atoms with van der Waals surface area (Å²) in [7, 11) is 1.69. The van der Waals surface area contributed by atoms with Crippen molar-refractivity contribution >= 4 is 11.8 Å². The van der Waals surface area contributed by atoms with Gasteiger partial charge in [-0.05, 0) is 85.9 Å². The number of aryl methyl sites for hydroxylation is 3. The lowest BCUT2D eigenvalue weighted by molar-refractivity contribution is 0.0718. The summed E-state index contributed by atoms with van der Waals surface area (Å²) in [6.45, 7) is 10.4. The smallest absolute Gasteiger partial charge is 0.344 e. The van der Waals surface area contributed by atoms with E-state index in [1.807, 2.05) is 19.1 Å². The maximum atomic E-state index is 13.8. The first-order valence-electron chi connectivity index (χ1n) is 11.1. The molecule has 0 fully saturated rings. The summed E-state index contributed by atoms with van der Waals surface area (Å²) in [6.07, 6.45) is 3.31. The van der Waals surface area contributed by atoms with E-state index in [9.17, 15) is 9.59 Å². The average Bonchev–Trinajstić information content (AvgIpc) is 3.02. The summed E-state index contributed by atoms with van der Waals surface area (Å²) in [6, 6.07) is 10.8. The number of ether oxygens (including phenoxy) is 1. The Morgan fingerprint density at radius 3 is 2.47 bits per heavy atom. The molecule has 1 aromatic heterocycles. The first kappa shape index (κ1) is 22.0. The number of benzene rings is 2. The summed E-state index contributed by atoms with van der Waals surface area (Å²) in [4.78, 5) is 26.6. The number of rotatable bonds is 4. The zero-order valence-corrected chi connectivity index (χ0v) is 19.7. The number of esters is 1. The lowest BCUT2D eigenvalue weighted by Crippen LogP contribution is -2.27. The van der Waals surface area contributed by atoms with Crippen molar-refractivity contribution in [2.75, 3.05) is 0 Å². The van der Waals surface area contributed by atoms with Crippen LogP contribution in [-0.4, -0.2) is 21.5 Å². The molecular formula is C27H30N2O3. The maximum Gasteiger partial charge on any atom is 0.344 e. The van der Waals surface area contributed by atoms with Gasteiger partial charge < -0.3 is 4.74 Å². The Hall–Kier alpha value is -3.21. The first-order valence-corrected chi connectivity index (χ1v) is 11.1. The van der Waals surface area contributed by atoms with E-state index in [2.05, 4.69) is 25.9 Å². The van der Waals surface area contributed by atoms with Gasteiger partial charge in [-0.1, -0.05) is 32.0 Å². The molecule has 166 valence electrons. The molecule has 1 aliphatic carbocycles. The maximum absolute atomic E-state index is 13.8. The van der Waals surface area contributed by atoms with Crippen LogP contribution >= 0.6 is 0 Å². The quantitative estimate of drug-likeness (QED) is 0.410. The predicted octanol–water partition coefficient (Wildman–Crippen LogP) is 5.41. The van der Waals surface area contributed by atoms with Gasteiger partial charge in [0.1, 0.15) is 5.56 Å². The Balaban J connectivity index is 1.80. The molecule has 4 rings (SSSR count). The molecule has 3 aromatic rings. The van der Waals surface area contributed by atoms with Crippen molar-refractivity contribution in [3.05, 3.63) is 81.0 Å². The minimum absolute atomic E-state index is 0.0192. The van der Waals surface area contributed by atoms with E-state index in [-0.39, 0.29) is 17.1 Å². The fourth-order valence-corrected chi connectivity index (χ4v) is 5.15. The van der Waals surface area contributed by atoms with Crippen molar-refractivity contribution in [2.45, 2.75) is 59.3 Å². The highest BCUT2D eigenvalue weighted by molar-refractivity contribution is 6.13. The van der Waals surface area contributed by atoms with Gasteiger partial charge in [0, 0.05) is 12.6 Å². The lowest BCUT2D eigenvalue weighted by atomic mass is 9.68. The Morgan fingerprint density at radius 1 is 1.09 bits per heavy atom. The van der Waals surface area contributed by atoms with Crippen LogP contribution in [0.15, 0.2) is 36.4 Å². The number of hydrogen-bond acceptors (Lipinski definition) is 4. The molecule has 0 amide bonds. The van der Waals surface area contributed by atoms with Gasteiger partial charge in [-0.25, -0.2) is 9.48 Å². The van der Waals surface area contributed by atoms with Crippen LogP contribution in [-0.2, 0) is 18.9 Å². The number of carbonyl (C=O) groups is 2. The normalized spacial score (nSPS) is 14.7. The van der Waals surface area contributed by atoms with E-state index in [1.165, 1.54) is 15.8 Å². The second-order valence-corrected chi connectivity index (χ2v) is 9.43. The van der Waals surface area contributed by atoms with Crippen molar-refractivity contribution in [2.24, 2.45) is 7.05 Å². The molecule has 1 aliphatic rings. The average molecular weight is 431 g/mol. The second kappa shape index (κ2) is 8.05. The Bertz CT molecular complexity index is 1220. The van der Waals surface area contributed by atoms with Crippen LogP contribution in [0, 0.1) is 20.8 Å². The molecule has 1 heterocycles. The highest BCUT2D eigenvalue weighted by Gasteiger charge is 2.34. The number of ketones is 1. The molecule has 5 nitrogen and oxygen atoms in total. The van der Waals surface area contributed by atoms with Crippen molar-refractivity contribution in [3.8, 4) is 5.88 Å². The van der Waals surface area contributed by atoms with Crippen molar-refractivity contribution in [1.82, 2.24) is 9.78 Å². The van der Waals surface area contributed by atoms with Gasteiger partial charge in [0.15, 0.2) is 0 Å². The fraction of sp³-hybridized carbons (Fsp3) is 0.370. The molecule has 0 saturated heterocycles. The van der Waals surface area contributed by atoms with E-state index < -0.39 is 5.97 Å². The van der Waals surface area contributed by atoms with Crippen molar-refractivity contribution < 1.29 is 14.3 Å². The van der Waals surface area contributed by atoms with E-state index in [0.717, 1.165) is 30.4 Å². The molecule has 0 saturated carbocycles. The van der Waals surface area contributed by atoms with Crippen LogP contribution < -0.4 is 4.74 Å². The van der Waals surface area contributed by atoms with Gasteiger partial charge in [0.2, 0.25) is 11.7 Å². The summed E-state index contributed by atoms with van der Waals surface area (Å²) in [5.41, 5.74) is 6.80. The second-order valence-electron chi connectivity index (χ2n) is 9.43. The van der Waals surface area contributed by atoms with Crippen LogP contribution in [0.2, 0.25) is 0 Å². The van der Waals surface area contributed by atoms with Gasteiger partial charge in [-0.2, -0.15) is 5.10 Å². The third kappa shape index (κ3) is 3.66. The third-order valence-electron chi connectivity index (χ3n) is 6.66. The third-order valence-corrected chi connectivity index (χ3v) is 6.66. The fourth-order valence-electron chi connectivity index (χ4n) is 5.15. The molecule has 0 spiro atoms.